The van der Waals surface area contributed by atoms with Gasteiger partial charge >= 0.3 is 0 Å². The summed E-state index contributed by atoms with van der Waals surface area (Å²) in [6, 6.07) is 1.13. The lowest BCUT2D eigenvalue weighted by molar-refractivity contribution is -0.259. The summed E-state index contributed by atoms with van der Waals surface area (Å²) in [7, 11) is 0. The number of rotatable bonds is 2. The van der Waals surface area contributed by atoms with Crippen molar-refractivity contribution < 1.29 is 19.8 Å². The van der Waals surface area contributed by atoms with Gasteiger partial charge in [-0.1, -0.05) is 0 Å². The SMILES string of the molecule is O=C([O-])c1cc(Br)c(Br)c(Br)c1C(=O)[O-]. The molecule has 0 aliphatic heterocycles. The van der Waals surface area contributed by atoms with Crippen LogP contribution in [-0.2, 0) is 0 Å². The molecule has 0 radical (unpaired) electrons. The molecular weight excluding hydrogens is 400 g/mol. The fourth-order valence-corrected chi connectivity index (χ4v) is 2.55. The Morgan fingerprint density at radius 3 is 1.93 bits per heavy atom. The molecule has 0 spiro atoms. The van der Waals surface area contributed by atoms with E-state index in [1.165, 1.54) is 0 Å². The quantitative estimate of drug-likeness (QED) is 0.684. The predicted octanol–water partition coefficient (Wildman–Crippen LogP) is 0.701. The monoisotopic (exact) mass is 398 g/mol. The minimum atomic E-state index is -1.59. The summed E-state index contributed by atoms with van der Waals surface area (Å²) in [6.45, 7) is 0. The Hall–Kier alpha value is -0.400. The zero-order chi connectivity index (χ0) is 11.7. The molecule has 0 aromatic heterocycles. The molecule has 0 saturated carbocycles. The normalized spacial score (nSPS) is 10.1. The number of carboxylic acids is 2. The highest BCUT2D eigenvalue weighted by Crippen LogP contribution is 2.35. The van der Waals surface area contributed by atoms with E-state index in [4.69, 9.17) is 0 Å². The van der Waals surface area contributed by atoms with Gasteiger partial charge in [-0.05, 0) is 53.9 Å². The Morgan fingerprint density at radius 1 is 1.00 bits per heavy atom. The van der Waals surface area contributed by atoms with Gasteiger partial charge in [0.05, 0.1) is 11.9 Å². The van der Waals surface area contributed by atoms with Gasteiger partial charge < -0.3 is 19.8 Å². The first kappa shape index (κ1) is 12.7. The fourth-order valence-electron chi connectivity index (χ4n) is 0.956. The van der Waals surface area contributed by atoms with Crippen molar-refractivity contribution >= 4 is 59.7 Å². The third kappa shape index (κ3) is 2.40. The number of benzene rings is 1. The van der Waals surface area contributed by atoms with Gasteiger partial charge in [-0.2, -0.15) is 0 Å². The summed E-state index contributed by atoms with van der Waals surface area (Å²) in [5.74, 6) is -3.17. The zero-order valence-corrected chi connectivity index (χ0v) is 11.6. The second-order valence-corrected chi connectivity index (χ2v) is 4.92. The maximum atomic E-state index is 10.7. The molecule has 15 heavy (non-hydrogen) atoms. The first-order valence-electron chi connectivity index (χ1n) is 3.46. The van der Waals surface area contributed by atoms with Crippen LogP contribution in [0.3, 0.4) is 0 Å². The van der Waals surface area contributed by atoms with Crippen molar-refractivity contribution in [2.45, 2.75) is 0 Å². The van der Waals surface area contributed by atoms with Crippen LogP contribution in [0.5, 0.6) is 0 Å². The number of halogens is 3. The summed E-state index contributed by atoms with van der Waals surface area (Å²) in [5.41, 5.74) is -0.901. The van der Waals surface area contributed by atoms with Crippen molar-refractivity contribution in [2.75, 3.05) is 0 Å². The molecule has 1 aromatic carbocycles. The second kappa shape index (κ2) is 4.63. The van der Waals surface area contributed by atoms with E-state index >= 15 is 0 Å². The number of carbonyl (C=O) groups is 2. The smallest absolute Gasteiger partial charge is 0.0733 e. The van der Waals surface area contributed by atoms with Gasteiger partial charge in [0.1, 0.15) is 0 Å². The van der Waals surface area contributed by atoms with Gasteiger partial charge in [0, 0.05) is 24.5 Å². The van der Waals surface area contributed by atoms with Crippen LogP contribution in [-0.4, -0.2) is 11.9 Å². The number of aromatic carboxylic acids is 2. The van der Waals surface area contributed by atoms with Crippen LogP contribution in [0.2, 0.25) is 0 Å². The number of carbonyl (C=O) groups excluding carboxylic acids is 2. The molecule has 0 fully saturated rings. The topological polar surface area (TPSA) is 80.3 Å². The lowest BCUT2D eigenvalue weighted by Crippen LogP contribution is -2.30. The molecule has 80 valence electrons. The highest BCUT2D eigenvalue weighted by molar-refractivity contribution is 9.14. The maximum Gasteiger partial charge on any atom is 0.0733 e. The average Bonchev–Trinajstić information content (AvgIpc) is 2.12. The molecule has 0 heterocycles. The zero-order valence-electron chi connectivity index (χ0n) is 6.84. The molecule has 0 atom stereocenters. The molecule has 0 N–H and O–H groups in total. The van der Waals surface area contributed by atoms with E-state index < -0.39 is 23.1 Å². The van der Waals surface area contributed by atoms with Crippen LogP contribution in [0.25, 0.3) is 0 Å². The summed E-state index contributed by atoms with van der Waals surface area (Å²) < 4.78 is 0.890. The highest BCUT2D eigenvalue weighted by Gasteiger charge is 2.15. The van der Waals surface area contributed by atoms with Crippen LogP contribution >= 0.6 is 47.8 Å². The Labute approximate surface area is 110 Å². The van der Waals surface area contributed by atoms with E-state index in [2.05, 4.69) is 47.8 Å². The Bertz CT molecular complexity index is 456. The van der Waals surface area contributed by atoms with Gasteiger partial charge in [0.15, 0.2) is 0 Å². The van der Waals surface area contributed by atoms with E-state index in [0.717, 1.165) is 6.07 Å². The molecule has 1 aromatic rings. The molecule has 1 rings (SSSR count). The van der Waals surface area contributed by atoms with E-state index in [1.807, 2.05) is 0 Å². The third-order valence-electron chi connectivity index (χ3n) is 1.59. The van der Waals surface area contributed by atoms with Gasteiger partial charge in [-0.15, -0.1) is 0 Å². The maximum absolute atomic E-state index is 10.7. The lowest BCUT2D eigenvalue weighted by atomic mass is 10.1. The van der Waals surface area contributed by atoms with Crippen molar-refractivity contribution in [3.8, 4) is 0 Å². The minimum Gasteiger partial charge on any atom is -0.545 e. The van der Waals surface area contributed by atoms with Crippen LogP contribution < -0.4 is 10.2 Å². The van der Waals surface area contributed by atoms with E-state index in [0.29, 0.717) is 8.95 Å². The molecular formula is C8HBr3O4-2. The summed E-state index contributed by atoms with van der Waals surface area (Å²) in [6.07, 6.45) is 0. The van der Waals surface area contributed by atoms with Crippen molar-refractivity contribution in [3.05, 3.63) is 30.6 Å². The van der Waals surface area contributed by atoms with Crippen molar-refractivity contribution in [3.63, 3.8) is 0 Å². The van der Waals surface area contributed by atoms with E-state index in [-0.39, 0.29) is 4.47 Å². The first-order valence-corrected chi connectivity index (χ1v) is 5.84. The molecule has 4 nitrogen and oxygen atoms in total. The van der Waals surface area contributed by atoms with Gasteiger partial charge in [-0.3, -0.25) is 0 Å². The number of hydrogen-bond donors (Lipinski definition) is 0. The van der Waals surface area contributed by atoms with Crippen molar-refractivity contribution in [1.82, 2.24) is 0 Å². The molecule has 7 heteroatoms. The molecule has 0 amide bonds. The standard InChI is InChI=1S/C8H3Br3O4/c9-3-1-2(7(12)13)4(8(14)15)6(11)5(3)10/h1H,(H,12,13)(H,14,15)/p-2. The Kier molecular flexibility index (Phi) is 3.91. The van der Waals surface area contributed by atoms with Gasteiger partial charge in [0.25, 0.3) is 0 Å². The molecule has 0 aliphatic rings. The Balaban J connectivity index is 3.65. The number of carboxylic acid groups (broad SMARTS) is 2. The molecule has 0 bridgehead atoms. The molecule has 0 aliphatic carbocycles. The summed E-state index contributed by atoms with van der Waals surface area (Å²) >= 11 is 9.11. The summed E-state index contributed by atoms with van der Waals surface area (Å²) in [5, 5.41) is 21.4. The minimum absolute atomic E-state index is 0.0936. The predicted molar refractivity (Wildman–Crippen MR) is 58.2 cm³/mol. The highest BCUT2D eigenvalue weighted by atomic mass is 79.9. The average molecular weight is 401 g/mol. The van der Waals surface area contributed by atoms with E-state index in [9.17, 15) is 19.8 Å². The second-order valence-electron chi connectivity index (χ2n) is 2.48. The Morgan fingerprint density at radius 2 is 1.53 bits per heavy atom. The molecule has 0 saturated heterocycles. The van der Waals surface area contributed by atoms with Crippen LogP contribution in [0.1, 0.15) is 20.7 Å². The first-order chi connectivity index (χ1) is 6.86. The van der Waals surface area contributed by atoms with E-state index in [1.54, 1.807) is 0 Å². The summed E-state index contributed by atoms with van der Waals surface area (Å²) in [4.78, 5) is 21.4. The van der Waals surface area contributed by atoms with Crippen LogP contribution in [0.15, 0.2) is 19.5 Å². The largest absolute Gasteiger partial charge is 0.545 e. The van der Waals surface area contributed by atoms with Crippen LogP contribution in [0, 0.1) is 0 Å². The van der Waals surface area contributed by atoms with Gasteiger partial charge in [-0.25, -0.2) is 0 Å². The lowest BCUT2D eigenvalue weighted by Gasteiger charge is -2.15. The van der Waals surface area contributed by atoms with Crippen LogP contribution in [0.4, 0.5) is 0 Å². The van der Waals surface area contributed by atoms with Crippen molar-refractivity contribution in [2.24, 2.45) is 0 Å². The fraction of sp³-hybridized carbons (Fsp3) is 0. The number of hydrogen-bond acceptors (Lipinski definition) is 4. The molecule has 0 unspecified atom stereocenters. The third-order valence-corrected chi connectivity index (χ3v) is 4.89. The van der Waals surface area contributed by atoms with Crippen molar-refractivity contribution in [1.29, 1.82) is 0 Å². The van der Waals surface area contributed by atoms with Gasteiger partial charge in [0.2, 0.25) is 0 Å².